The molecule has 32 heavy (non-hydrogen) atoms. The Kier molecular flexibility index (Phi) is 6.06. The van der Waals surface area contributed by atoms with Crippen LogP contribution in [0.5, 0.6) is 0 Å². The van der Waals surface area contributed by atoms with Gasteiger partial charge in [0.1, 0.15) is 0 Å². The number of aromatic amines is 1. The van der Waals surface area contributed by atoms with Gasteiger partial charge in [-0.3, -0.25) is 14.3 Å². The number of halogens is 3. The van der Waals surface area contributed by atoms with Crippen LogP contribution in [0.1, 0.15) is 29.5 Å². The Morgan fingerprint density at radius 2 is 1.84 bits per heavy atom. The lowest BCUT2D eigenvalue weighted by atomic mass is 9.97. The summed E-state index contributed by atoms with van der Waals surface area (Å²) in [7, 11) is 0. The number of alkyl halides is 3. The van der Waals surface area contributed by atoms with E-state index < -0.39 is 17.4 Å². The van der Waals surface area contributed by atoms with Gasteiger partial charge in [-0.2, -0.15) is 13.2 Å². The van der Waals surface area contributed by atoms with Gasteiger partial charge in [-0.05, 0) is 54.7 Å². The monoisotopic (exact) mass is 443 g/mol. The quantitative estimate of drug-likeness (QED) is 0.643. The van der Waals surface area contributed by atoms with E-state index in [4.69, 9.17) is 0 Å². The number of rotatable bonds is 5. The molecular weight excluding hydrogens is 419 g/mol. The summed E-state index contributed by atoms with van der Waals surface area (Å²) in [5.74, 6) is 0. The van der Waals surface area contributed by atoms with Crippen LogP contribution >= 0.6 is 0 Å². The molecule has 0 saturated carbocycles. The summed E-state index contributed by atoms with van der Waals surface area (Å²) in [6, 6.07) is 10.8. The summed E-state index contributed by atoms with van der Waals surface area (Å²) < 4.78 is 40.1. The number of nitrogens with zero attached hydrogens (tertiary/aromatic N) is 2. The first-order valence-corrected chi connectivity index (χ1v) is 10.6. The van der Waals surface area contributed by atoms with E-state index in [1.807, 2.05) is 19.1 Å². The molecule has 0 unspecified atom stereocenters. The fourth-order valence-corrected chi connectivity index (χ4v) is 4.19. The second kappa shape index (κ2) is 8.78. The fourth-order valence-electron chi connectivity index (χ4n) is 4.19. The minimum Gasteiger partial charge on any atom is -0.307 e. The van der Waals surface area contributed by atoms with Crippen LogP contribution in [0, 0.1) is 6.92 Å². The second-order valence-electron chi connectivity index (χ2n) is 8.10. The maximum atomic E-state index is 13.0. The van der Waals surface area contributed by atoms with Crippen molar-refractivity contribution in [3.8, 4) is 0 Å². The molecule has 0 amide bonds. The lowest BCUT2D eigenvalue weighted by Gasteiger charge is -2.26. The van der Waals surface area contributed by atoms with Crippen LogP contribution in [0.3, 0.4) is 0 Å². The molecule has 0 bridgehead atoms. The van der Waals surface area contributed by atoms with Gasteiger partial charge in [0.25, 0.3) is 5.56 Å². The first kappa shape index (κ1) is 22.1. The zero-order chi connectivity index (χ0) is 22.9. The predicted molar refractivity (Wildman–Crippen MR) is 119 cm³/mol. The molecule has 0 spiro atoms. The molecule has 0 saturated heterocycles. The molecule has 168 valence electrons. The highest BCUT2D eigenvalue weighted by Crippen LogP contribution is 2.32. The van der Waals surface area contributed by atoms with E-state index in [0.717, 1.165) is 17.2 Å². The summed E-state index contributed by atoms with van der Waals surface area (Å²) in [5.41, 5.74) is 1.53. The van der Waals surface area contributed by atoms with Crippen LogP contribution in [-0.2, 0) is 12.7 Å². The van der Waals surface area contributed by atoms with E-state index in [1.165, 1.54) is 16.7 Å². The van der Waals surface area contributed by atoms with Gasteiger partial charge in [0, 0.05) is 26.2 Å². The van der Waals surface area contributed by atoms with Crippen LogP contribution in [0.4, 0.5) is 13.2 Å². The highest BCUT2D eigenvalue weighted by Gasteiger charge is 2.30. The Morgan fingerprint density at radius 1 is 1.06 bits per heavy atom. The molecule has 1 N–H and O–H groups in total. The molecule has 0 atom stereocenters. The van der Waals surface area contributed by atoms with Crippen molar-refractivity contribution in [2.24, 2.45) is 0 Å². The van der Waals surface area contributed by atoms with E-state index in [9.17, 15) is 22.8 Å². The molecule has 5 nitrogen and oxygen atoms in total. The third-order valence-corrected chi connectivity index (χ3v) is 5.93. The lowest BCUT2D eigenvalue weighted by Crippen LogP contribution is -2.37. The van der Waals surface area contributed by atoms with E-state index in [-0.39, 0.29) is 5.56 Å². The van der Waals surface area contributed by atoms with Crippen molar-refractivity contribution in [1.29, 1.82) is 0 Å². The maximum absolute atomic E-state index is 13.0. The summed E-state index contributed by atoms with van der Waals surface area (Å²) in [5, 5.41) is 0.527. The van der Waals surface area contributed by atoms with Gasteiger partial charge < -0.3 is 4.98 Å². The van der Waals surface area contributed by atoms with Crippen LogP contribution in [-0.4, -0.2) is 34.1 Å². The molecule has 1 aliphatic rings. The van der Waals surface area contributed by atoms with Crippen molar-refractivity contribution >= 4 is 16.5 Å². The number of benzene rings is 2. The maximum Gasteiger partial charge on any atom is 0.416 e. The molecule has 1 aromatic heterocycles. The molecule has 1 aliphatic heterocycles. The van der Waals surface area contributed by atoms with Gasteiger partial charge in [-0.25, -0.2) is 4.79 Å². The van der Waals surface area contributed by atoms with Crippen molar-refractivity contribution in [2.45, 2.75) is 32.5 Å². The molecule has 4 rings (SSSR count). The molecule has 0 fully saturated rings. The number of H-pyrrole nitrogens is 1. The molecule has 0 radical (unpaired) electrons. The van der Waals surface area contributed by atoms with Gasteiger partial charge in [0.05, 0.1) is 16.5 Å². The Morgan fingerprint density at radius 3 is 2.56 bits per heavy atom. The van der Waals surface area contributed by atoms with Crippen LogP contribution in [0.15, 0.2) is 58.1 Å². The molecule has 3 aromatic rings. The number of hydrogen-bond acceptors (Lipinski definition) is 3. The first-order valence-electron chi connectivity index (χ1n) is 10.6. The van der Waals surface area contributed by atoms with Gasteiger partial charge >= 0.3 is 11.9 Å². The van der Waals surface area contributed by atoms with Crippen LogP contribution in [0.25, 0.3) is 16.5 Å². The topological polar surface area (TPSA) is 58.1 Å². The number of fused-ring (bicyclic) bond motifs is 1. The van der Waals surface area contributed by atoms with E-state index >= 15 is 0 Å². The zero-order valence-corrected chi connectivity index (χ0v) is 17.7. The number of aryl methyl sites for hydroxylation is 1. The van der Waals surface area contributed by atoms with Crippen molar-refractivity contribution in [1.82, 2.24) is 14.5 Å². The van der Waals surface area contributed by atoms with Gasteiger partial charge in [0.15, 0.2) is 0 Å². The Balaban J connectivity index is 1.40. The number of aromatic nitrogens is 2. The fraction of sp³-hybridized carbons (Fsp3) is 0.333. The second-order valence-corrected chi connectivity index (χ2v) is 8.10. The zero-order valence-electron chi connectivity index (χ0n) is 17.7. The van der Waals surface area contributed by atoms with E-state index in [1.54, 1.807) is 18.2 Å². The summed E-state index contributed by atoms with van der Waals surface area (Å²) in [4.78, 5) is 30.1. The Bertz CT molecular complexity index is 1290. The summed E-state index contributed by atoms with van der Waals surface area (Å²) >= 11 is 0. The van der Waals surface area contributed by atoms with Crippen LogP contribution < -0.4 is 11.2 Å². The molecule has 2 heterocycles. The van der Waals surface area contributed by atoms with Gasteiger partial charge in [-0.15, -0.1) is 0 Å². The third-order valence-electron chi connectivity index (χ3n) is 5.93. The van der Waals surface area contributed by atoms with Gasteiger partial charge in [0.2, 0.25) is 0 Å². The molecular formula is C24H24F3N3O2. The molecule has 0 aliphatic carbocycles. The highest BCUT2D eigenvalue weighted by atomic mass is 19.4. The smallest absolute Gasteiger partial charge is 0.307 e. The first-order chi connectivity index (χ1) is 15.2. The minimum atomic E-state index is -4.35. The largest absolute Gasteiger partial charge is 0.416 e. The highest BCUT2D eigenvalue weighted by molar-refractivity contribution is 5.80. The normalized spacial score (nSPS) is 15.2. The number of hydrogen-bond donors (Lipinski definition) is 1. The SMILES string of the molecule is Cc1cccc2[nH]c(=O)n(CCCN3CC=C(c4cccc(C(F)(F)F)c4)CC3)c(=O)c12. The number of nitrogens with one attached hydrogen (secondary N) is 1. The molecule has 2 aromatic carbocycles. The Hall–Kier alpha value is -3.13. The summed E-state index contributed by atoms with van der Waals surface area (Å²) in [6.45, 7) is 4.16. The van der Waals surface area contributed by atoms with Crippen LogP contribution in [0.2, 0.25) is 0 Å². The molecule has 8 heteroatoms. The van der Waals surface area contributed by atoms with Crippen molar-refractivity contribution in [3.63, 3.8) is 0 Å². The average molecular weight is 443 g/mol. The van der Waals surface area contributed by atoms with Crippen molar-refractivity contribution < 1.29 is 13.2 Å². The lowest BCUT2D eigenvalue weighted by molar-refractivity contribution is -0.137. The predicted octanol–water partition coefficient (Wildman–Crippen LogP) is 4.20. The Labute approximate surface area is 182 Å². The summed E-state index contributed by atoms with van der Waals surface area (Å²) in [6.07, 6.45) is -1.13. The average Bonchev–Trinajstić information content (AvgIpc) is 2.76. The van der Waals surface area contributed by atoms with Gasteiger partial charge in [-0.1, -0.05) is 30.3 Å². The van der Waals surface area contributed by atoms with E-state index in [2.05, 4.69) is 9.88 Å². The third kappa shape index (κ3) is 4.55. The van der Waals surface area contributed by atoms with E-state index in [0.29, 0.717) is 55.5 Å². The van der Waals surface area contributed by atoms with Crippen molar-refractivity contribution in [2.75, 3.05) is 19.6 Å². The standard InChI is InChI=1S/C24H24F3N3O2/c1-16-5-2-8-20-21(16)22(31)30(23(32)28-20)12-4-11-29-13-9-17(10-14-29)18-6-3-7-19(15-18)24(25,26)27/h2-3,5-9,15H,4,10-14H2,1H3,(H,28,32). The minimum absolute atomic E-state index is 0.285. The van der Waals surface area contributed by atoms with Crippen molar-refractivity contribution in [3.05, 3.63) is 86.1 Å².